The van der Waals surface area contributed by atoms with Crippen LogP contribution in [0.4, 0.5) is 0 Å². The summed E-state index contributed by atoms with van der Waals surface area (Å²) in [5.41, 5.74) is 1.18. The van der Waals surface area contributed by atoms with Crippen molar-refractivity contribution < 1.29 is 19.1 Å². The number of benzene rings is 1. The molecule has 1 aromatic rings. The van der Waals surface area contributed by atoms with E-state index in [1.807, 2.05) is 0 Å². The molecule has 1 heterocycles. The first-order chi connectivity index (χ1) is 11.5. The average Bonchev–Trinajstić information content (AvgIpc) is 2.93. The number of methoxy groups -OCH3 is 1. The lowest BCUT2D eigenvalue weighted by atomic mass is 10.1. The van der Waals surface area contributed by atoms with E-state index < -0.39 is 11.9 Å². The SMILES string of the molecule is CNC(=O)c1cccc(C=N/N=C2/NC(=O)/C(=C\C(=O)OC)S2)c1. The van der Waals surface area contributed by atoms with Gasteiger partial charge in [-0.2, -0.15) is 5.10 Å². The summed E-state index contributed by atoms with van der Waals surface area (Å²) in [6, 6.07) is 6.83. The van der Waals surface area contributed by atoms with Crippen LogP contribution in [0, 0.1) is 0 Å². The maximum atomic E-state index is 11.6. The van der Waals surface area contributed by atoms with Crippen LogP contribution in [0.3, 0.4) is 0 Å². The van der Waals surface area contributed by atoms with E-state index in [0.29, 0.717) is 11.1 Å². The Morgan fingerprint density at radius 1 is 1.38 bits per heavy atom. The molecule has 24 heavy (non-hydrogen) atoms. The van der Waals surface area contributed by atoms with Crippen LogP contribution in [0.5, 0.6) is 0 Å². The number of nitrogens with zero attached hydrogens (tertiary/aromatic N) is 2. The summed E-state index contributed by atoms with van der Waals surface area (Å²) in [6.45, 7) is 0. The van der Waals surface area contributed by atoms with Gasteiger partial charge < -0.3 is 10.1 Å². The number of hydrogen-bond donors (Lipinski definition) is 2. The zero-order valence-corrected chi connectivity index (χ0v) is 13.7. The van der Waals surface area contributed by atoms with Gasteiger partial charge in [-0.15, -0.1) is 5.10 Å². The van der Waals surface area contributed by atoms with Gasteiger partial charge in [-0.25, -0.2) is 4.79 Å². The number of esters is 1. The fourth-order valence-electron chi connectivity index (χ4n) is 1.69. The second-order valence-corrected chi connectivity index (χ2v) is 5.47. The normalized spacial score (nSPS) is 17.3. The maximum absolute atomic E-state index is 11.6. The van der Waals surface area contributed by atoms with Crippen LogP contribution in [0.25, 0.3) is 0 Å². The Labute approximate surface area is 142 Å². The van der Waals surface area contributed by atoms with E-state index in [0.717, 1.165) is 17.8 Å². The highest BCUT2D eigenvalue weighted by Gasteiger charge is 2.24. The minimum absolute atomic E-state index is 0.178. The van der Waals surface area contributed by atoms with Crippen LogP contribution in [0.15, 0.2) is 45.4 Å². The fourth-order valence-corrected chi connectivity index (χ4v) is 2.43. The quantitative estimate of drug-likeness (QED) is 0.360. The zero-order valence-electron chi connectivity index (χ0n) is 12.9. The van der Waals surface area contributed by atoms with Gasteiger partial charge in [0.05, 0.1) is 18.2 Å². The molecule has 0 aliphatic carbocycles. The van der Waals surface area contributed by atoms with E-state index in [9.17, 15) is 14.4 Å². The van der Waals surface area contributed by atoms with Crippen molar-refractivity contribution in [3.8, 4) is 0 Å². The molecular weight excluding hydrogens is 332 g/mol. The first kappa shape index (κ1) is 17.4. The predicted octanol–water partition coefficient (Wildman–Crippen LogP) is 0.656. The number of hydrogen-bond acceptors (Lipinski definition) is 7. The summed E-state index contributed by atoms with van der Waals surface area (Å²) < 4.78 is 4.46. The number of amides is 2. The Kier molecular flexibility index (Phi) is 5.85. The van der Waals surface area contributed by atoms with Gasteiger partial charge in [0.25, 0.3) is 11.8 Å². The molecule has 1 aliphatic heterocycles. The molecule has 1 saturated heterocycles. The highest BCUT2D eigenvalue weighted by Crippen LogP contribution is 2.23. The Bertz CT molecular complexity index is 770. The van der Waals surface area contributed by atoms with Crippen LogP contribution in [0.1, 0.15) is 15.9 Å². The lowest BCUT2D eigenvalue weighted by Gasteiger charge is -1.99. The molecule has 1 aliphatic rings. The molecule has 2 rings (SSSR count). The number of carbonyl (C=O) groups excluding carboxylic acids is 3. The van der Waals surface area contributed by atoms with Crippen LogP contribution < -0.4 is 10.6 Å². The summed E-state index contributed by atoms with van der Waals surface area (Å²) in [4.78, 5) is 34.5. The van der Waals surface area contributed by atoms with Gasteiger partial charge in [0, 0.05) is 18.7 Å². The summed E-state index contributed by atoms with van der Waals surface area (Å²) in [7, 11) is 2.78. The van der Waals surface area contributed by atoms with Crippen LogP contribution in [-0.4, -0.2) is 43.3 Å². The topological polar surface area (TPSA) is 109 Å². The monoisotopic (exact) mass is 346 g/mol. The molecule has 2 amide bonds. The molecule has 0 saturated carbocycles. The molecule has 0 radical (unpaired) electrons. The summed E-state index contributed by atoms with van der Waals surface area (Å²) in [5, 5.41) is 13.0. The third kappa shape index (κ3) is 4.53. The molecule has 124 valence electrons. The molecule has 2 N–H and O–H groups in total. The van der Waals surface area contributed by atoms with Crippen molar-refractivity contribution >= 4 is 40.9 Å². The van der Waals surface area contributed by atoms with Crippen molar-refractivity contribution in [2.75, 3.05) is 14.2 Å². The number of nitrogens with one attached hydrogen (secondary N) is 2. The minimum Gasteiger partial charge on any atom is -0.466 e. The lowest BCUT2D eigenvalue weighted by Crippen LogP contribution is -2.19. The number of carbonyl (C=O) groups is 3. The smallest absolute Gasteiger partial charge is 0.331 e. The molecule has 9 heteroatoms. The predicted molar refractivity (Wildman–Crippen MR) is 90.7 cm³/mol. The molecular formula is C15H14N4O4S. The summed E-state index contributed by atoms with van der Waals surface area (Å²) in [5.74, 6) is -1.27. The van der Waals surface area contributed by atoms with Crippen molar-refractivity contribution in [1.29, 1.82) is 0 Å². The maximum Gasteiger partial charge on any atom is 0.331 e. The van der Waals surface area contributed by atoms with Gasteiger partial charge in [0.2, 0.25) is 0 Å². The van der Waals surface area contributed by atoms with Gasteiger partial charge in [-0.1, -0.05) is 12.1 Å². The van der Waals surface area contributed by atoms with Gasteiger partial charge in [-0.05, 0) is 29.5 Å². The minimum atomic E-state index is -0.622. The van der Waals surface area contributed by atoms with Crippen LogP contribution in [-0.2, 0) is 14.3 Å². The first-order valence-electron chi connectivity index (χ1n) is 6.75. The molecule has 0 bridgehead atoms. The van der Waals surface area contributed by atoms with Crippen LogP contribution >= 0.6 is 11.8 Å². The lowest BCUT2D eigenvalue weighted by molar-refractivity contribution is -0.135. The Morgan fingerprint density at radius 2 is 2.17 bits per heavy atom. The molecule has 0 atom stereocenters. The van der Waals surface area contributed by atoms with E-state index >= 15 is 0 Å². The molecule has 0 unspecified atom stereocenters. The third-order valence-corrected chi connectivity index (χ3v) is 3.73. The highest BCUT2D eigenvalue weighted by atomic mass is 32.2. The Hall–Kier alpha value is -2.94. The van der Waals surface area contributed by atoms with Crippen molar-refractivity contribution in [2.24, 2.45) is 10.2 Å². The number of ether oxygens (including phenoxy) is 1. The standard InChI is InChI=1S/C15H14N4O4S/c1-16-13(21)10-5-3-4-9(6-10)8-17-19-15-18-14(22)11(24-15)7-12(20)23-2/h3-8H,1-2H3,(H,16,21)(H,18,19,22)/b11-7+,17-8?. The van der Waals surface area contributed by atoms with Gasteiger partial charge in [-0.3, -0.25) is 14.9 Å². The Morgan fingerprint density at radius 3 is 2.88 bits per heavy atom. The van der Waals surface area contributed by atoms with E-state index in [4.69, 9.17) is 0 Å². The third-order valence-electron chi connectivity index (χ3n) is 2.83. The van der Waals surface area contributed by atoms with E-state index in [-0.39, 0.29) is 16.0 Å². The van der Waals surface area contributed by atoms with Crippen molar-refractivity contribution in [3.05, 3.63) is 46.4 Å². The Balaban J connectivity index is 2.07. The number of amidine groups is 1. The van der Waals surface area contributed by atoms with E-state index in [1.165, 1.54) is 13.3 Å². The first-order valence-corrected chi connectivity index (χ1v) is 7.57. The second-order valence-electron chi connectivity index (χ2n) is 4.44. The van der Waals surface area contributed by atoms with Gasteiger partial charge >= 0.3 is 5.97 Å². The molecule has 0 aromatic heterocycles. The molecule has 1 fully saturated rings. The second kappa shape index (κ2) is 8.06. The number of rotatable bonds is 4. The van der Waals surface area contributed by atoms with Crippen molar-refractivity contribution in [2.45, 2.75) is 0 Å². The number of thioether (sulfide) groups is 1. The summed E-state index contributed by atoms with van der Waals surface area (Å²) >= 11 is 0.981. The van der Waals surface area contributed by atoms with E-state index in [2.05, 4.69) is 25.6 Å². The van der Waals surface area contributed by atoms with Gasteiger partial charge in [0.1, 0.15) is 0 Å². The van der Waals surface area contributed by atoms with Crippen molar-refractivity contribution in [3.63, 3.8) is 0 Å². The van der Waals surface area contributed by atoms with Crippen molar-refractivity contribution in [1.82, 2.24) is 10.6 Å². The van der Waals surface area contributed by atoms with Gasteiger partial charge in [0.15, 0.2) is 5.17 Å². The molecule has 8 nitrogen and oxygen atoms in total. The van der Waals surface area contributed by atoms with Crippen LogP contribution in [0.2, 0.25) is 0 Å². The summed E-state index contributed by atoms with van der Waals surface area (Å²) in [6.07, 6.45) is 2.53. The van der Waals surface area contributed by atoms with E-state index in [1.54, 1.807) is 31.3 Å². The highest BCUT2D eigenvalue weighted by molar-refractivity contribution is 8.18. The average molecular weight is 346 g/mol. The zero-order chi connectivity index (χ0) is 17.5. The largest absolute Gasteiger partial charge is 0.466 e. The molecule has 1 aromatic carbocycles. The fraction of sp³-hybridized carbons (Fsp3) is 0.133. The molecule has 0 spiro atoms.